The second-order valence-corrected chi connectivity index (χ2v) is 4.96. The molecular formula is C18H13FN+. The second kappa shape index (κ2) is 4.02. The minimum atomic E-state index is -0.757. The number of nitrogens with zero attached hydrogens (tertiary/aromatic N) is 1. The molecule has 1 nitrogen and oxygen atoms in total. The summed E-state index contributed by atoms with van der Waals surface area (Å²) >= 11 is 0. The highest BCUT2D eigenvalue weighted by Crippen LogP contribution is 2.57. The number of hydrogen-bond donors (Lipinski definition) is 0. The van der Waals surface area contributed by atoms with E-state index in [2.05, 4.69) is 0 Å². The van der Waals surface area contributed by atoms with E-state index in [0.29, 0.717) is 17.1 Å². The van der Waals surface area contributed by atoms with Gasteiger partial charge in [-0.1, -0.05) is 42.5 Å². The van der Waals surface area contributed by atoms with Gasteiger partial charge in [0.05, 0.1) is 11.1 Å². The molecule has 0 aliphatic carbocycles. The number of rotatable bonds is 1. The zero-order chi connectivity index (χ0) is 13.6. The molecule has 2 heteroatoms. The van der Waals surface area contributed by atoms with Crippen molar-refractivity contribution >= 4 is 17.1 Å². The molecule has 0 aromatic heterocycles. The number of halogens is 1. The highest BCUT2D eigenvalue weighted by molar-refractivity contribution is 5.96. The highest BCUT2D eigenvalue weighted by Gasteiger charge is 2.47. The fourth-order valence-electron chi connectivity index (χ4n) is 2.98. The first kappa shape index (κ1) is 11.4. The summed E-state index contributed by atoms with van der Waals surface area (Å²) in [5, 5.41) is 0. The standard InChI is InChI=1S/C18H13FN/c19-20(14-8-2-1-3-9-14)17-12-6-4-10-15(17)16-11-5-7-13-18(16)20/h1-13H/q+1. The molecule has 0 fully saturated rings. The third-order valence-corrected chi connectivity index (χ3v) is 3.87. The Labute approximate surface area is 117 Å². The number of fused-ring (bicyclic) bond motifs is 3. The lowest BCUT2D eigenvalue weighted by Crippen LogP contribution is -2.25. The Morgan fingerprint density at radius 2 is 1.00 bits per heavy atom. The van der Waals surface area contributed by atoms with Crippen molar-refractivity contribution in [1.82, 2.24) is 4.71 Å². The summed E-state index contributed by atoms with van der Waals surface area (Å²) in [6.07, 6.45) is 0. The van der Waals surface area contributed by atoms with E-state index < -0.39 is 4.71 Å². The van der Waals surface area contributed by atoms with E-state index in [4.69, 9.17) is 0 Å². The van der Waals surface area contributed by atoms with Crippen LogP contribution in [0.1, 0.15) is 0 Å². The molecule has 96 valence electrons. The zero-order valence-corrected chi connectivity index (χ0v) is 10.8. The van der Waals surface area contributed by atoms with E-state index >= 15 is 4.48 Å². The fourth-order valence-corrected chi connectivity index (χ4v) is 2.98. The van der Waals surface area contributed by atoms with Crippen LogP contribution in [0.25, 0.3) is 11.1 Å². The number of quaternary nitrogens is 1. The molecule has 4 rings (SSSR count). The molecule has 1 aliphatic heterocycles. The summed E-state index contributed by atoms with van der Waals surface area (Å²) in [5.74, 6) is 0. The molecule has 3 aromatic rings. The van der Waals surface area contributed by atoms with Crippen LogP contribution >= 0.6 is 0 Å². The van der Waals surface area contributed by atoms with Gasteiger partial charge >= 0.3 is 0 Å². The minimum absolute atomic E-state index is 0.630. The van der Waals surface area contributed by atoms with Gasteiger partial charge in [-0.3, -0.25) is 0 Å². The predicted octanol–water partition coefficient (Wildman–Crippen LogP) is 5.52. The van der Waals surface area contributed by atoms with Gasteiger partial charge in [-0.15, -0.1) is 0 Å². The topological polar surface area (TPSA) is 0 Å². The van der Waals surface area contributed by atoms with Crippen molar-refractivity contribution < 1.29 is 4.48 Å². The lowest BCUT2D eigenvalue weighted by molar-refractivity contribution is 0.187. The van der Waals surface area contributed by atoms with Gasteiger partial charge < -0.3 is 0 Å². The summed E-state index contributed by atoms with van der Waals surface area (Å²) in [7, 11) is 0. The molecular weight excluding hydrogens is 249 g/mol. The van der Waals surface area contributed by atoms with Crippen LogP contribution in [0.2, 0.25) is 0 Å². The summed E-state index contributed by atoms with van der Waals surface area (Å²) in [6, 6.07) is 24.7. The van der Waals surface area contributed by atoms with Crippen molar-refractivity contribution in [2.24, 2.45) is 0 Å². The quantitative estimate of drug-likeness (QED) is 0.506. The average Bonchev–Trinajstić information content (AvgIpc) is 2.80. The van der Waals surface area contributed by atoms with Crippen LogP contribution in [0.4, 0.5) is 21.5 Å². The normalized spacial score (nSPS) is 14.7. The summed E-state index contributed by atoms with van der Waals surface area (Å²) in [6.45, 7) is 0. The van der Waals surface area contributed by atoms with Crippen LogP contribution in [0.15, 0.2) is 78.9 Å². The Morgan fingerprint density at radius 1 is 0.550 bits per heavy atom. The van der Waals surface area contributed by atoms with Gasteiger partial charge in [-0.05, 0) is 16.8 Å². The fraction of sp³-hybridized carbons (Fsp3) is 0. The van der Waals surface area contributed by atoms with E-state index in [9.17, 15) is 0 Å². The van der Waals surface area contributed by atoms with E-state index in [1.807, 2.05) is 78.9 Å². The van der Waals surface area contributed by atoms with Gasteiger partial charge in [-0.2, -0.15) is 0 Å². The van der Waals surface area contributed by atoms with Crippen LogP contribution < -0.4 is 4.71 Å². The number of hydrogen-bond acceptors (Lipinski definition) is 0. The summed E-state index contributed by atoms with van der Waals surface area (Å²) in [4.78, 5) is 0. The molecule has 0 saturated carbocycles. The van der Waals surface area contributed by atoms with Crippen molar-refractivity contribution in [3.8, 4) is 11.1 Å². The lowest BCUT2D eigenvalue weighted by Gasteiger charge is -2.21. The highest BCUT2D eigenvalue weighted by atomic mass is 19.2. The maximum absolute atomic E-state index is 16.0. The van der Waals surface area contributed by atoms with Gasteiger partial charge in [0.15, 0.2) is 17.1 Å². The van der Waals surface area contributed by atoms with Crippen LogP contribution in [0.5, 0.6) is 0 Å². The average molecular weight is 262 g/mol. The maximum atomic E-state index is 16.0. The monoisotopic (exact) mass is 262 g/mol. The van der Waals surface area contributed by atoms with E-state index in [1.165, 1.54) is 0 Å². The smallest absolute Gasteiger partial charge is 0.0618 e. The lowest BCUT2D eigenvalue weighted by atomic mass is 10.1. The Morgan fingerprint density at radius 3 is 1.55 bits per heavy atom. The maximum Gasteiger partial charge on any atom is 0.190 e. The van der Waals surface area contributed by atoms with Crippen LogP contribution in [-0.2, 0) is 0 Å². The first-order valence-corrected chi connectivity index (χ1v) is 6.66. The van der Waals surface area contributed by atoms with Crippen molar-refractivity contribution in [3.63, 3.8) is 0 Å². The molecule has 0 spiro atoms. The SMILES string of the molecule is F[N+]1(c2ccccc2)c2ccccc2-c2ccccc21. The Balaban J connectivity index is 2.10. The molecule has 0 amide bonds. The van der Waals surface area contributed by atoms with Crippen molar-refractivity contribution in [2.45, 2.75) is 0 Å². The van der Waals surface area contributed by atoms with Crippen molar-refractivity contribution in [3.05, 3.63) is 78.9 Å². The molecule has 0 bridgehead atoms. The van der Waals surface area contributed by atoms with Crippen LogP contribution in [0.3, 0.4) is 0 Å². The minimum Gasteiger partial charge on any atom is -0.0618 e. The molecule has 20 heavy (non-hydrogen) atoms. The second-order valence-electron chi connectivity index (χ2n) is 4.96. The third kappa shape index (κ3) is 1.34. The van der Waals surface area contributed by atoms with Gasteiger partial charge in [0.25, 0.3) is 0 Å². The van der Waals surface area contributed by atoms with Gasteiger partial charge in [0.1, 0.15) is 0 Å². The third-order valence-electron chi connectivity index (χ3n) is 3.87. The van der Waals surface area contributed by atoms with E-state index in [1.54, 1.807) is 0 Å². The van der Waals surface area contributed by atoms with Crippen LogP contribution in [0, 0.1) is 0 Å². The summed E-state index contributed by atoms with van der Waals surface area (Å²) in [5.41, 5.74) is 3.92. The summed E-state index contributed by atoms with van der Waals surface area (Å²) < 4.78 is 15.2. The first-order chi connectivity index (χ1) is 9.82. The molecule has 0 unspecified atom stereocenters. The van der Waals surface area contributed by atoms with E-state index in [0.717, 1.165) is 11.1 Å². The van der Waals surface area contributed by atoms with E-state index in [-0.39, 0.29) is 0 Å². The Bertz CT molecular complexity index is 735. The first-order valence-electron chi connectivity index (χ1n) is 6.66. The van der Waals surface area contributed by atoms with Crippen LogP contribution in [-0.4, -0.2) is 0 Å². The van der Waals surface area contributed by atoms with Gasteiger partial charge in [-0.25, -0.2) is 0 Å². The molecule has 0 saturated heterocycles. The zero-order valence-electron chi connectivity index (χ0n) is 10.8. The molecule has 1 aliphatic rings. The predicted molar refractivity (Wildman–Crippen MR) is 80.5 cm³/mol. The molecule has 0 atom stereocenters. The van der Waals surface area contributed by atoms with Gasteiger partial charge in [0, 0.05) is 28.7 Å². The Kier molecular flexibility index (Phi) is 2.29. The largest absolute Gasteiger partial charge is 0.190 e. The number of benzene rings is 3. The molecule has 3 aromatic carbocycles. The Hall–Kier alpha value is -2.45. The van der Waals surface area contributed by atoms with Crippen molar-refractivity contribution in [1.29, 1.82) is 0 Å². The van der Waals surface area contributed by atoms with Gasteiger partial charge in [0.2, 0.25) is 0 Å². The molecule has 0 N–H and O–H groups in total. The van der Waals surface area contributed by atoms with Crippen molar-refractivity contribution in [2.75, 3.05) is 0 Å². The molecule has 0 radical (unpaired) electrons. The number of para-hydroxylation sites is 3. The molecule has 1 heterocycles.